The first-order valence-corrected chi connectivity index (χ1v) is 14.3. The van der Waals surface area contributed by atoms with Gasteiger partial charge in [-0.3, -0.25) is 4.98 Å². The summed E-state index contributed by atoms with van der Waals surface area (Å²) in [5.74, 6) is -0.461. The van der Waals surface area contributed by atoms with Gasteiger partial charge in [0, 0.05) is 23.9 Å². The molecule has 0 aliphatic heterocycles. The highest BCUT2D eigenvalue weighted by atomic mass is 16.3. The highest BCUT2D eigenvalue weighted by Gasteiger charge is 2.40. The van der Waals surface area contributed by atoms with Gasteiger partial charge in [-0.1, -0.05) is 68.4 Å². The number of aromatic nitrogens is 1. The fourth-order valence-corrected chi connectivity index (χ4v) is 6.93. The van der Waals surface area contributed by atoms with Gasteiger partial charge >= 0.3 is 0 Å². The Bertz CT molecular complexity index is 1640. The van der Waals surface area contributed by atoms with Gasteiger partial charge in [-0.15, -0.1) is 0 Å². The predicted octanol–water partition coefficient (Wildman–Crippen LogP) is 10.6. The lowest BCUT2D eigenvalue weighted by Crippen LogP contribution is -2.34. The van der Waals surface area contributed by atoms with Crippen molar-refractivity contribution in [1.29, 1.82) is 0 Å². The van der Waals surface area contributed by atoms with Crippen LogP contribution in [-0.4, -0.2) is 4.98 Å². The van der Waals surface area contributed by atoms with Crippen molar-refractivity contribution in [2.45, 2.75) is 71.1 Å². The standard InChI is InChI=1S/C36H37NO/c1-35(2)19-21-36(22-20-35)17-14-27(15-18-36)25-10-12-26(13-11-25)28-16-23-37-32(24-28)31-8-5-7-30-29-6-3-4-9-33(29)38-34(30)31/h3-13,16,23-24,27H,14-15,17-22H2,1-2H3/i27D. The lowest BCUT2D eigenvalue weighted by Gasteiger charge is -2.47. The van der Waals surface area contributed by atoms with Gasteiger partial charge in [-0.25, -0.2) is 0 Å². The molecule has 2 saturated carbocycles. The summed E-state index contributed by atoms with van der Waals surface area (Å²) in [5.41, 5.74) is 8.15. The van der Waals surface area contributed by atoms with E-state index in [0.29, 0.717) is 10.8 Å². The van der Waals surface area contributed by atoms with Crippen molar-refractivity contribution >= 4 is 21.9 Å². The van der Waals surface area contributed by atoms with Crippen molar-refractivity contribution in [2.24, 2.45) is 10.8 Å². The first kappa shape index (κ1) is 22.6. The van der Waals surface area contributed by atoms with Crippen LogP contribution < -0.4 is 0 Å². The van der Waals surface area contributed by atoms with E-state index >= 15 is 0 Å². The molecule has 0 radical (unpaired) electrons. The number of hydrogen-bond acceptors (Lipinski definition) is 2. The Kier molecular flexibility index (Phi) is 5.42. The number of pyridine rings is 1. The van der Waals surface area contributed by atoms with Crippen molar-refractivity contribution in [3.8, 4) is 22.4 Å². The monoisotopic (exact) mass is 500 g/mol. The third-order valence-corrected chi connectivity index (χ3v) is 9.65. The van der Waals surface area contributed by atoms with Crippen molar-refractivity contribution in [3.05, 3.63) is 90.6 Å². The normalized spacial score (nSPS) is 20.5. The maximum atomic E-state index is 9.37. The molecule has 2 aliphatic carbocycles. The van der Waals surface area contributed by atoms with E-state index in [0.717, 1.165) is 57.2 Å². The number of furan rings is 1. The number of rotatable bonds is 3. The first-order chi connectivity index (χ1) is 18.8. The Labute approximate surface area is 227 Å². The van der Waals surface area contributed by atoms with Crippen LogP contribution in [0.15, 0.2) is 89.5 Å². The van der Waals surface area contributed by atoms with Crippen LogP contribution in [0.2, 0.25) is 0 Å². The van der Waals surface area contributed by atoms with Gasteiger partial charge in [0.2, 0.25) is 0 Å². The second-order valence-corrected chi connectivity index (χ2v) is 12.6. The minimum atomic E-state index is -0.461. The van der Waals surface area contributed by atoms with Gasteiger partial charge in [0.05, 0.1) is 5.69 Å². The molecule has 0 atom stereocenters. The number of fused-ring (bicyclic) bond motifs is 3. The third-order valence-electron chi connectivity index (χ3n) is 9.65. The third kappa shape index (κ3) is 4.25. The Morgan fingerprint density at radius 2 is 1.50 bits per heavy atom. The fourth-order valence-electron chi connectivity index (χ4n) is 6.93. The molecule has 38 heavy (non-hydrogen) atoms. The second-order valence-electron chi connectivity index (χ2n) is 12.6. The molecule has 0 saturated heterocycles. The van der Waals surface area contributed by atoms with Gasteiger partial charge in [0.15, 0.2) is 0 Å². The molecule has 5 aromatic rings. The van der Waals surface area contributed by atoms with E-state index < -0.39 is 5.89 Å². The summed E-state index contributed by atoms with van der Waals surface area (Å²) in [6.45, 7) is 4.84. The van der Waals surface area contributed by atoms with E-state index in [4.69, 9.17) is 9.40 Å². The average Bonchev–Trinajstić information content (AvgIpc) is 3.36. The molecular formula is C36H37NO. The van der Waals surface area contributed by atoms with E-state index in [-0.39, 0.29) is 0 Å². The smallest absolute Gasteiger partial charge is 0.144 e. The molecule has 2 nitrogen and oxygen atoms in total. The van der Waals surface area contributed by atoms with Gasteiger partial charge < -0.3 is 4.42 Å². The summed E-state index contributed by atoms with van der Waals surface area (Å²) in [6, 6.07) is 27.5. The van der Waals surface area contributed by atoms with Crippen LogP contribution in [0.25, 0.3) is 44.3 Å². The molecule has 0 N–H and O–H groups in total. The summed E-state index contributed by atoms with van der Waals surface area (Å²) in [4.78, 5) is 4.72. The highest BCUT2D eigenvalue weighted by molar-refractivity contribution is 6.09. The predicted molar refractivity (Wildman–Crippen MR) is 158 cm³/mol. The minimum absolute atomic E-state index is 0.461. The molecule has 7 rings (SSSR count). The lowest BCUT2D eigenvalue weighted by molar-refractivity contribution is 0.0585. The Morgan fingerprint density at radius 3 is 2.29 bits per heavy atom. The topological polar surface area (TPSA) is 26.0 Å². The number of hydrogen-bond donors (Lipinski definition) is 0. The quantitative estimate of drug-likeness (QED) is 0.246. The largest absolute Gasteiger partial charge is 0.455 e. The molecule has 0 unspecified atom stereocenters. The molecule has 2 aliphatic rings. The van der Waals surface area contributed by atoms with E-state index in [2.05, 4.69) is 80.6 Å². The summed E-state index contributed by atoms with van der Waals surface area (Å²) < 4.78 is 15.6. The van der Waals surface area contributed by atoms with Crippen molar-refractivity contribution in [2.75, 3.05) is 0 Å². The summed E-state index contributed by atoms with van der Waals surface area (Å²) in [6.07, 6.45) is 11.6. The Hall–Kier alpha value is -3.39. The van der Waals surface area contributed by atoms with E-state index in [9.17, 15) is 1.37 Å². The van der Waals surface area contributed by atoms with Gasteiger partial charge in [-0.2, -0.15) is 0 Å². The Balaban J connectivity index is 1.13. The highest BCUT2D eigenvalue weighted by Crippen LogP contribution is 2.54. The summed E-state index contributed by atoms with van der Waals surface area (Å²) >= 11 is 0. The van der Waals surface area contributed by atoms with Gasteiger partial charge in [-0.05, 0) is 109 Å². The van der Waals surface area contributed by atoms with Crippen LogP contribution in [0, 0.1) is 10.8 Å². The van der Waals surface area contributed by atoms with Gasteiger partial charge in [0.25, 0.3) is 0 Å². The molecular weight excluding hydrogens is 462 g/mol. The van der Waals surface area contributed by atoms with E-state index in [1.807, 2.05) is 18.3 Å². The zero-order valence-corrected chi connectivity index (χ0v) is 22.6. The summed E-state index contributed by atoms with van der Waals surface area (Å²) in [7, 11) is 0. The molecule has 2 aromatic heterocycles. The van der Waals surface area contributed by atoms with Crippen molar-refractivity contribution in [3.63, 3.8) is 0 Å². The molecule has 3 aromatic carbocycles. The number of benzene rings is 3. The fraction of sp³-hybridized carbons (Fsp3) is 0.361. The van der Waals surface area contributed by atoms with Crippen LogP contribution >= 0.6 is 0 Å². The molecule has 2 heteroatoms. The number of nitrogens with zero attached hydrogens (tertiary/aromatic N) is 1. The zero-order chi connectivity index (χ0) is 26.7. The van der Waals surface area contributed by atoms with Gasteiger partial charge in [0.1, 0.15) is 11.2 Å². The number of para-hydroxylation sites is 2. The van der Waals surface area contributed by atoms with E-state index in [1.54, 1.807) is 0 Å². The van der Waals surface area contributed by atoms with Crippen LogP contribution in [0.1, 0.15) is 78.0 Å². The second kappa shape index (κ2) is 9.12. The summed E-state index contributed by atoms with van der Waals surface area (Å²) in [5, 5.41) is 2.25. The zero-order valence-electron chi connectivity index (χ0n) is 23.6. The molecule has 0 bridgehead atoms. The lowest BCUT2D eigenvalue weighted by atomic mass is 9.58. The molecule has 1 spiro atoms. The van der Waals surface area contributed by atoms with Crippen LogP contribution in [0.5, 0.6) is 0 Å². The molecule has 0 amide bonds. The van der Waals surface area contributed by atoms with Crippen molar-refractivity contribution < 1.29 is 5.79 Å². The molecule has 192 valence electrons. The maximum Gasteiger partial charge on any atom is 0.144 e. The van der Waals surface area contributed by atoms with E-state index in [1.165, 1.54) is 44.1 Å². The van der Waals surface area contributed by atoms with Crippen LogP contribution in [0.4, 0.5) is 0 Å². The Morgan fingerprint density at radius 1 is 0.763 bits per heavy atom. The minimum Gasteiger partial charge on any atom is -0.455 e. The molecule has 2 fully saturated rings. The average molecular weight is 501 g/mol. The first-order valence-electron chi connectivity index (χ1n) is 14.8. The maximum absolute atomic E-state index is 9.37. The van der Waals surface area contributed by atoms with Crippen LogP contribution in [0.3, 0.4) is 0 Å². The van der Waals surface area contributed by atoms with Crippen LogP contribution in [-0.2, 0) is 0 Å². The SMILES string of the molecule is [2H]C1(c2ccc(-c3ccnc(-c4cccc5c4oc4ccccc45)c3)cc2)CCC2(CCC(C)(C)CC2)CC1. The molecule has 2 heterocycles. The van der Waals surface area contributed by atoms with Crippen molar-refractivity contribution in [1.82, 2.24) is 4.98 Å².